The number of nitrogens with zero attached hydrogens (tertiary/aromatic N) is 8. The molecule has 1 unspecified atom stereocenters. The van der Waals surface area contributed by atoms with Gasteiger partial charge in [0.2, 0.25) is 17.7 Å². The molecule has 0 spiro atoms. The number of carbonyl (C=O) groups is 4. The van der Waals surface area contributed by atoms with E-state index in [1.807, 2.05) is 75.4 Å². The summed E-state index contributed by atoms with van der Waals surface area (Å²) in [5.41, 5.74) is 14.4. The first-order valence-electron chi connectivity index (χ1n) is 25.7. The number of nitrogens with one attached hydrogen (secondary N) is 2. The van der Waals surface area contributed by atoms with Crippen LogP contribution in [-0.2, 0) is 20.9 Å². The fourth-order valence-electron chi connectivity index (χ4n) is 11.6. The smallest absolute Gasteiger partial charge is 0.254 e. The highest BCUT2D eigenvalue weighted by Gasteiger charge is 2.46. The first kappa shape index (κ1) is 49.9. The lowest BCUT2D eigenvalue weighted by Gasteiger charge is -2.36. The molecule has 3 aromatic heterocycles. The second kappa shape index (κ2) is 20.0. The quantitative estimate of drug-likeness (QED) is 0.104. The largest absolute Gasteiger partial charge is 0.391 e. The van der Waals surface area contributed by atoms with Crippen molar-refractivity contribution in [2.45, 2.75) is 148 Å². The minimum absolute atomic E-state index is 0.0339. The molecular weight excluding hydrogens is 946 g/mol. The number of amides is 4. The first-order chi connectivity index (χ1) is 35.0. The molecule has 2 saturated carbocycles. The lowest BCUT2D eigenvalue weighted by atomic mass is 9.84. The van der Waals surface area contributed by atoms with Crippen molar-refractivity contribution in [3.05, 3.63) is 99.8 Å². The van der Waals surface area contributed by atoms with Crippen molar-refractivity contribution in [2.75, 3.05) is 23.7 Å². The van der Waals surface area contributed by atoms with Crippen molar-refractivity contribution in [1.82, 2.24) is 40.2 Å². The van der Waals surface area contributed by atoms with E-state index in [1.165, 1.54) is 17.0 Å². The highest BCUT2D eigenvalue weighted by atomic mass is 32.1. The van der Waals surface area contributed by atoms with Crippen molar-refractivity contribution in [1.29, 1.82) is 5.26 Å². The Bertz CT molecular complexity index is 2990. The van der Waals surface area contributed by atoms with Crippen molar-refractivity contribution >= 4 is 46.5 Å². The number of nitriles is 1. The molecule has 5 aromatic rings. The zero-order valence-corrected chi connectivity index (χ0v) is 42.9. The van der Waals surface area contributed by atoms with Gasteiger partial charge < -0.3 is 36.2 Å². The van der Waals surface area contributed by atoms with Crippen molar-refractivity contribution in [3.8, 4) is 27.6 Å². The number of hydrogen-bond donors (Lipinski definition) is 4. The number of β-amino-alcohol motifs (C(OH)–C–C–N with tert-alkyl or cyclic N) is 1. The second-order valence-electron chi connectivity index (χ2n) is 21.8. The van der Waals surface area contributed by atoms with E-state index in [2.05, 4.69) is 31.6 Å². The van der Waals surface area contributed by atoms with Gasteiger partial charge in [0.05, 0.1) is 58.2 Å². The maximum absolute atomic E-state index is 15.0. The van der Waals surface area contributed by atoms with Crippen LogP contribution >= 0.6 is 11.3 Å². The number of thiazole rings is 1. The van der Waals surface area contributed by atoms with Gasteiger partial charge in [0.1, 0.15) is 35.5 Å². The lowest BCUT2D eigenvalue weighted by molar-refractivity contribution is -0.144. The maximum Gasteiger partial charge on any atom is 0.254 e. The molecule has 2 bridgehead atoms. The maximum atomic E-state index is 15.0. The molecule has 5 aliphatic rings. The molecule has 3 aliphatic heterocycles. The number of aryl methyl sites for hydroxylation is 1. The van der Waals surface area contributed by atoms with Crippen LogP contribution in [0.4, 0.5) is 15.9 Å². The highest BCUT2D eigenvalue weighted by Crippen LogP contribution is 2.45. The molecule has 2 aromatic carbocycles. The third-order valence-electron chi connectivity index (χ3n) is 15.7. The minimum atomic E-state index is -0.991. The van der Waals surface area contributed by atoms with Crippen LogP contribution in [0.3, 0.4) is 0 Å². The number of carbonyl (C=O) groups excluding carboxylic acids is 4. The summed E-state index contributed by atoms with van der Waals surface area (Å²) in [6, 6.07) is 13.8. The normalized spacial score (nSPS) is 23.0. The number of fused-ring (bicyclic) bond motifs is 8. The molecule has 73 heavy (non-hydrogen) atoms. The van der Waals surface area contributed by atoms with Gasteiger partial charge in [-0.2, -0.15) is 10.4 Å². The van der Waals surface area contributed by atoms with Crippen LogP contribution < -0.4 is 21.3 Å². The standard InChI is InChI=1S/C55H64FN11O5S/c1-30(32-11-13-33(14-12-32)48-31(2)60-29-73-48)61-52(70)45-24-39(68)27-66(45)54(72)49(55(3,4)5)62-51(69)34-8-6-9-38(17-15-34)67-46(25-57)47-35-22-44(50(58)59-26-35)64-21-7-10-43(64)41-23-36(56)16-20-40(41)53(71)65(37-18-19-37)28-42(47)63-67/h11-14,16,20,22-23,26,29-30,34,37-39,43,45,49,68H,6-10,15,17-19,21,24,27-28H2,1-5H3,(H2,58,59)(H,61,70)(H,62,69)/t30-,34?,38+,39+,43+,45-,49+/m0/s1. The Kier molecular flexibility index (Phi) is 13.6. The molecule has 4 amide bonds. The van der Waals surface area contributed by atoms with Crippen LogP contribution in [-0.4, -0.2) is 95.6 Å². The molecule has 16 nitrogen and oxygen atoms in total. The number of hydrogen-bond acceptors (Lipinski definition) is 12. The van der Waals surface area contributed by atoms with E-state index in [4.69, 9.17) is 10.8 Å². The van der Waals surface area contributed by atoms with Crippen LogP contribution in [0.2, 0.25) is 0 Å². The van der Waals surface area contributed by atoms with Gasteiger partial charge in [0.25, 0.3) is 5.91 Å². The number of halogens is 1. The van der Waals surface area contributed by atoms with Crippen LogP contribution in [0.5, 0.6) is 0 Å². The Morgan fingerprint density at radius 3 is 2.41 bits per heavy atom. The van der Waals surface area contributed by atoms with E-state index in [0.717, 1.165) is 41.0 Å². The second-order valence-corrected chi connectivity index (χ2v) is 22.6. The number of benzene rings is 2. The Morgan fingerprint density at radius 2 is 1.70 bits per heavy atom. The first-order valence-corrected chi connectivity index (χ1v) is 26.6. The van der Waals surface area contributed by atoms with E-state index in [0.29, 0.717) is 90.2 Å². The topological polar surface area (TPSA) is 216 Å². The summed E-state index contributed by atoms with van der Waals surface area (Å²) in [4.78, 5) is 73.2. The molecule has 0 radical (unpaired) electrons. The number of aliphatic hydroxyl groups excluding tert-OH is 1. The number of aromatic nitrogens is 4. The lowest BCUT2D eigenvalue weighted by Crippen LogP contribution is -2.58. The predicted octanol–water partition coefficient (Wildman–Crippen LogP) is 7.92. The summed E-state index contributed by atoms with van der Waals surface area (Å²) in [6.07, 6.45) is 6.74. The van der Waals surface area contributed by atoms with Gasteiger partial charge in [-0.25, -0.2) is 14.4 Å². The number of aliphatic hydroxyl groups is 1. The third-order valence-corrected chi connectivity index (χ3v) is 16.7. The molecule has 5 N–H and O–H groups in total. The van der Waals surface area contributed by atoms with Gasteiger partial charge >= 0.3 is 0 Å². The summed E-state index contributed by atoms with van der Waals surface area (Å²) in [5, 5.41) is 33.3. The van der Waals surface area contributed by atoms with Gasteiger partial charge in [-0.3, -0.25) is 23.9 Å². The predicted molar refractivity (Wildman–Crippen MR) is 275 cm³/mol. The van der Waals surface area contributed by atoms with E-state index in [1.54, 1.807) is 28.3 Å². The Morgan fingerprint density at radius 1 is 0.932 bits per heavy atom. The number of pyridine rings is 1. The van der Waals surface area contributed by atoms with Crippen LogP contribution in [0.25, 0.3) is 21.6 Å². The van der Waals surface area contributed by atoms with Gasteiger partial charge in [0.15, 0.2) is 0 Å². The molecule has 7 atom stereocenters. The molecular formula is C55H64FN11O5S. The van der Waals surface area contributed by atoms with Crippen molar-refractivity contribution < 1.29 is 28.7 Å². The van der Waals surface area contributed by atoms with Crippen molar-refractivity contribution in [2.24, 2.45) is 11.3 Å². The fraction of sp³-hybridized carbons (Fsp3) is 0.491. The highest BCUT2D eigenvalue weighted by molar-refractivity contribution is 7.13. The average molecular weight is 1010 g/mol. The van der Waals surface area contributed by atoms with E-state index < -0.39 is 41.2 Å². The van der Waals surface area contributed by atoms with E-state index in [-0.39, 0.29) is 61.4 Å². The molecule has 2 aliphatic carbocycles. The van der Waals surface area contributed by atoms with Gasteiger partial charge in [-0.15, -0.1) is 11.3 Å². The van der Waals surface area contributed by atoms with Gasteiger partial charge in [-0.05, 0) is 112 Å². The number of rotatable bonds is 9. The molecule has 6 heterocycles. The number of nitrogen functional groups attached to an aromatic ring is 1. The van der Waals surface area contributed by atoms with Gasteiger partial charge in [-0.1, -0.05) is 51.5 Å². The van der Waals surface area contributed by atoms with Crippen LogP contribution in [0.1, 0.15) is 149 Å². The molecule has 2 saturated heterocycles. The monoisotopic (exact) mass is 1010 g/mol. The van der Waals surface area contributed by atoms with E-state index >= 15 is 4.39 Å². The zero-order chi connectivity index (χ0) is 51.5. The van der Waals surface area contributed by atoms with Crippen molar-refractivity contribution in [3.63, 3.8) is 0 Å². The van der Waals surface area contributed by atoms with Crippen LogP contribution in [0.15, 0.2) is 60.2 Å². The third kappa shape index (κ3) is 9.81. The Labute approximate surface area is 429 Å². The number of nitrogens with two attached hydrogens (primary N) is 1. The molecule has 18 heteroatoms. The number of likely N-dealkylation sites (tertiary alicyclic amines) is 1. The SMILES string of the molecule is Cc1ncsc1-c1ccc([C@H](C)NC(=O)[C@@H]2C[C@@H](O)CN2C(=O)[C@@H](NC(=O)C2CCC[C@@H](n3nc4c(c3C#N)-c3cnc(N)c(c3)N3CCC[C@@H]3c3cc(F)ccc3C(=O)N(C3CC3)C4)CC2)C(C)(C)C)cc1. The summed E-state index contributed by atoms with van der Waals surface area (Å²) < 4.78 is 16.8. The summed E-state index contributed by atoms with van der Waals surface area (Å²) >= 11 is 1.57. The number of anilines is 2. The summed E-state index contributed by atoms with van der Waals surface area (Å²) in [5.74, 6) is -1.86. The minimum Gasteiger partial charge on any atom is -0.391 e. The average Bonchev–Trinajstić information content (AvgIpc) is 3.60. The van der Waals surface area contributed by atoms with E-state index in [9.17, 15) is 29.5 Å². The van der Waals surface area contributed by atoms with Crippen LogP contribution in [0, 0.1) is 35.4 Å². The Balaban J connectivity index is 0.870. The fourth-order valence-corrected chi connectivity index (χ4v) is 12.4. The van der Waals surface area contributed by atoms with Gasteiger partial charge in [0, 0.05) is 54.4 Å². The zero-order valence-electron chi connectivity index (χ0n) is 42.1. The Hall–Kier alpha value is -6.71. The molecule has 382 valence electrons. The summed E-state index contributed by atoms with van der Waals surface area (Å²) in [7, 11) is 0. The molecule has 10 rings (SSSR count). The molecule has 4 fully saturated rings. The summed E-state index contributed by atoms with van der Waals surface area (Å²) in [6.45, 7) is 10.2.